The molecule has 0 aromatic heterocycles. The van der Waals surface area contributed by atoms with Crippen molar-refractivity contribution < 1.29 is 9.18 Å². The molecule has 0 aliphatic carbocycles. The van der Waals surface area contributed by atoms with Crippen molar-refractivity contribution in [3.05, 3.63) is 81.6 Å². The largest absolute Gasteiger partial charge is 0.288 e. The molecule has 0 atom stereocenters. The van der Waals surface area contributed by atoms with Gasteiger partial charge in [-0.1, -0.05) is 42.5 Å². The molecule has 0 N–H and O–H groups in total. The number of hydrogen-bond donors (Lipinski definition) is 0. The molecular formula is C18H12BrFO. The molecule has 0 saturated carbocycles. The zero-order chi connectivity index (χ0) is 15.0. The summed E-state index contributed by atoms with van der Waals surface area (Å²) in [5.41, 5.74) is 1.70. The molecule has 0 radical (unpaired) electrons. The number of hydrogen-bond acceptors (Lipinski definition) is 1. The predicted molar refractivity (Wildman–Crippen MR) is 86.2 cm³/mol. The first-order valence-electron chi connectivity index (χ1n) is 6.56. The fourth-order valence-electron chi connectivity index (χ4n) is 2.47. The maximum Gasteiger partial charge on any atom is 0.196 e. The Morgan fingerprint density at radius 2 is 1.62 bits per heavy atom. The molecule has 0 saturated heterocycles. The fraction of sp³-hybridized carbons (Fsp3) is 0.0556. The Bertz CT molecular complexity index is 855. The van der Waals surface area contributed by atoms with Crippen LogP contribution in [-0.4, -0.2) is 5.78 Å². The standard InChI is InChI=1S/C18H12BrFO/c1-11-9-10-14(13-6-3-2-5-12(11)13)18(21)15-7-4-8-16(19)17(15)20/h2-10H,1H3. The van der Waals surface area contributed by atoms with E-state index in [2.05, 4.69) is 15.9 Å². The lowest BCUT2D eigenvalue weighted by atomic mass is 9.95. The Labute approximate surface area is 130 Å². The summed E-state index contributed by atoms with van der Waals surface area (Å²) in [6.07, 6.45) is 0. The van der Waals surface area contributed by atoms with E-state index in [1.165, 1.54) is 6.07 Å². The van der Waals surface area contributed by atoms with Gasteiger partial charge in [-0.25, -0.2) is 4.39 Å². The van der Waals surface area contributed by atoms with Crippen LogP contribution in [0.3, 0.4) is 0 Å². The van der Waals surface area contributed by atoms with Gasteiger partial charge in [0.15, 0.2) is 5.78 Å². The van der Waals surface area contributed by atoms with Gasteiger partial charge in [0, 0.05) is 5.56 Å². The maximum atomic E-state index is 14.1. The molecule has 21 heavy (non-hydrogen) atoms. The third kappa shape index (κ3) is 2.38. The lowest BCUT2D eigenvalue weighted by Crippen LogP contribution is -2.05. The van der Waals surface area contributed by atoms with Crippen LogP contribution in [0.25, 0.3) is 10.8 Å². The third-order valence-corrected chi connectivity index (χ3v) is 4.20. The highest BCUT2D eigenvalue weighted by Gasteiger charge is 2.18. The van der Waals surface area contributed by atoms with E-state index in [0.29, 0.717) is 10.0 Å². The molecule has 0 heterocycles. The summed E-state index contributed by atoms with van der Waals surface area (Å²) in [4.78, 5) is 12.7. The summed E-state index contributed by atoms with van der Waals surface area (Å²) >= 11 is 3.12. The van der Waals surface area contributed by atoms with E-state index in [9.17, 15) is 9.18 Å². The van der Waals surface area contributed by atoms with Crippen molar-refractivity contribution in [3.8, 4) is 0 Å². The molecule has 3 aromatic rings. The summed E-state index contributed by atoms with van der Waals surface area (Å²) in [5.74, 6) is -0.822. The number of aryl methyl sites for hydroxylation is 1. The molecule has 0 fully saturated rings. The Kier molecular flexibility index (Phi) is 3.60. The highest BCUT2D eigenvalue weighted by molar-refractivity contribution is 9.10. The second-order valence-electron chi connectivity index (χ2n) is 4.91. The topological polar surface area (TPSA) is 17.1 Å². The Morgan fingerprint density at radius 3 is 2.38 bits per heavy atom. The van der Waals surface area contributed by atoms with Gasteiger partial charge in [-0.2, -0.15) is 0 Å². The summed E-state index contributed by atoms with van der Waals surface area (Å²) in [6, 6.07) is 16.1. The predicted octanol–water partition coefficient (Wildman–Crippen LogP) is 5.28. The normalized spacial score (nSPS) is 10.8. The van der Waals surface area contributed by atoms with Crippen LogP contribution >= 0.6 is 15.9 Å². The van der Waals surface area contributed by atoms with Crippen molar-refractivity contribution in [2.75, 3.05) is 0 Å². The fourth-order valence-corrected chi connectivity index (χ4v) is 2.84. The van der Waals surface area contributed by atoms with Gasteiger partial charge in [0.05, 0.1) is 10.0 Å². The zero-order valence-corrected chi connectivity index (χ0v) is 12.9. The van der Waals surface area contributed by atoms with Crippen molar-refractivity contribution in [2.24, 2.45) is 0 Å². The second-order valence-corrected chi connectivity index (χ2v) is 5.76. The van der Waals surface area contributed by atoms with Gasteiger partial charge in [0.1, 0.15) is 5.82 Å². The van der Waals surface area contributed by atoms with Crippen molar-refractivity contribution in [3.63, 3.8) is 0 Å². The van der Waals surface area contributed by atoms with Crippen molar-refractivity contribution >= 4 is 32.5 Å². The van der Waals surface area contributed by atoms with E-state index in [1.54, 1.807) is 18.2 Å². The summed E-state index contributed by atoms with van der Waals surface area (Å²) < 4.78 is 14.4. The van der Waals surface area contributed by atoms with Crippen LogP contribution in [0.4, 0.5) is 4.39 Å². The monoisotopic (exact) mass is 342 g/mol. The van der Waals surface area contributed by atoms with Crippen LogP contribution < -0.4 is 0 Å². The molecule has 0 spiro atoms. The maximum absolute atomic E-state index is 14.1. The number of rotatable bonds is 2. The number of carbonyl (C=O) groups excluding carboxylic acids is 1. The number of fused-ring (bicyclic) bond motifs is 1. The minimum atomic E-state index is -0.521. The van der Waals surface area contributed by atoms with Crippen LogP contribution in [0.15, 0.2) is 59.1 Å². The molecule has 0 unspecified atom stereocenters. The first-order chi connectivity index (χ1) is 10.1. The van der Waals surface area contributed by atoms with E-state index < -0.39 is 5.82 Å². The highest BCUT2D eigenvalue weighted by atomic mass is 79.9. The molecule has 104 valence electrons. The lowest BCUT2D eigenvalue weighted by Gasteiger charge is -2.09. The van der Waals surface area contributed by atoms with Gasteiger partial charge in [0.25, 0.3) is 0 Å². The molecule has 3 aromatic carbocycles. The van der Waals surface area contributed by atoms with E-state index in [-0.39, 0.29) is 11.3 Å². The molecule has 3 rings (SSSR count). The highest BCUT2D eigenvalue weighted by Crippen LogP contribution is 2.27. The van der Waals surface area contributed by atoms with E-state index in [4.69, 9.17) is 0 Å². The number of halogens is 2. The first-order valence-corrected chi connectivity index (χ1v) is 7.36. The minimum absolute atomic E-state index is 0.0818. The van der Waals surface area contributed by atoms with Crippen molar-refractivity contribution in [1.82, 2.24) is 0 Å². The summed E-state index contributed by atoms with van der Waals surface area (Å²) in [7, 11) is 0. The molecule has 0 amide bonds. The van der Waals surface area contributed by atoms with Crippen LogP contribution in [0, 0.1) is 12.7 Å². The van der Waals surface area contributed by atoms with Crippen LogP contribution in [-0.2, 0) is 0 Å². The molecule has 1 nitrogen and oxygen atoms in total. The Hall–Kier alpha value is -2.00. The quantitative estimate of drug-likeness (QED) is 0.579. The van der Waals surface area contributed by atoms with E-state index >= 15 is 0 Å². The number of carbonyl (C=O) groups is 1. The zero-order valence-electron chi connectivity index (χ0n) is 11.4. The molecular weight excluding hydrogens is 331 g/mol. The van der Waals surface area contributed by atoms with Crippen LogP contribution in [0.1, 0.15) is 21.5 Å². The minimum Gasteiger partial charge on any atom is -0.288 e. The molecule has 0 bridgehead atoms. The van der Waals surface area contributed by atoms with E-state index in [1.807, 2.05) is 37.3 Å². The molecule has 0 aliphatic heterocycles. The van der Waals surface area contributed by atoms with Crippen molar-refractivity contribution in [2.45, 2.75) is 6.92 Å². The Balaban J connectivity index is 2.23. The second kappa shape index (κ2) is 5.41. The van der Waals surface area contributed by atoms with Gasteiger partial charge in [-0.3, -0.25) is 4.79 Å². The summed E-state index contributed by atoms with van der Waals surface area (Å²) in [6.45, 7) is 2.00. The number of ketones is 1. The SMILES string of the molecule is Cc1ccc(C(=O)c2cccc(Br)c2F)c2ccccc12. The van der Waals surface area contributed by atoms with Crippen molar-refractivity contribution in [1.29, 1.82) is 0 Å². The van der Waals surface area contributed by atoms with Crippen LogP contribution in [0.5, 0.6) is 0 Å². The van der Waals surface area contributed by atoms with E-state index in [0.717, 1.165) is 16.3 Å². The van der Waals surface area contributed by atoms with Crippen LogP contribution in [0.2, 0.25) is 0 Å². The van der Waals surface area contributed by atoms with Gasteiger partial charge in [0.2, 0.25) is 0 Å². The summed E-state index contributed by atoms with van der Waals surface area (Å²) in [5, 5.41) is 1.86. The smallest absolute Gasteiger partial charge is 0.196 e. The van der Waals surface area contributed by atoms with Gasteiger partial charge in [-0.05, 0) is 51.3 Å². The molecule has 0 aliphatic rings. The number of benzene rings is 3. The Morgan fingerprint density at radius 1 is 0.905 bits per heavy atom. The third-order valence-electron chi connectivity index (χ3n) is 3.58. The first kappa shape index (κ1) is 14.0. The van der Waals surface area contributed by atoms with Gasteiger partial charge < -0.3 is 0 Å². The van der Waals surface area contributed by atoms with Gasteiger partial charge in [-0.15, -0.1) is 0 Å². The molecule has 3 heteroatoms. The average molecular weight is 343 g/mol. The average Bonchev–Trinajstić information content (AvgIpc) is 2.50. The lowest BCUT2D eigenvalue weighted by molar-refractivity contribution is 0.103. The van der Waals surface area contributed by atoms with Gasteiger partial charge >= 0.3 is 0 Å².